The van der Waals surface area contributed by atoms with Crippen LogP contribution in [0.4, 0.5) is 5.69 Å². The zero-order valence-corrected chi connectivity index (χ0v) is 19.0. The summed E-state index contributed by atoms with van der Waals surface area (Å²) in [6.45, 7) is 0.470. The van der Waals surface area contributed by atoms with Gasteiger partial charge in [0, 0.05) is 36.2 Å². The molecule has 0 spiro atoms. The van der Waals surface area contributed by atoms with Gasteiger partial charge in [-0.2, -0.15) is 5.26 Å². The van der Waals surface area contributed by atoms with E-state index in [-0.39, 0.29) is 30.0 Å². The molecule has 1 aromatic carbocycles. The Bertz CT molecular complexity index is 1260. The SMILES string of the molecule is N#CCN1C[C@@H](NC(=O)c2ccc(Cl)s2)CC1C(=O)Nc1ccc(-n2ccccc2=O)cc1. The molecule has 2 N–H and O–H groups in total. The Morgan fingerprint density at radius 2 is 1.94 bits per heavy atom. The van der Waals surface area contributed by atoms with Gasteiger partial charge in [0.25, 0.3) is 11.5 Å². The average Bonchev–Trinajstić information content (AvgIpc) is 3.41. The molecular formula is C23H20ClN5O3S. The third-order valence-corrected chi connectivity index (χ3v) is 6.58. The van der Waals surface area contributed by atoms with Crippen LogP contribution in [0.1, 0.15) is 16.1 Å². The van der Waals surface area contributed by atoms with E-state index in [4.69, 9.17) is 11.6 Å². The molecule has 8 nitrogen and oxygen atoms in total. The number of thiophene rings is 1. The summed E-state index contributed by atoms with van der Waals surface area (Å²) in [6, 6.07) is 16.4. The van der Waals surface area contributed by atoms with Crippen LogP contribution in [0.25, 0.3) is 5.69 Å². The molecule has 1 unspecified atom stereocenters. The number of carbonyl (C=O) groups is 2. The van der Waals surface area contributed by atoms with Crippen molar-refractivity contribution in [2.24, 2.45) is 0 Å². The van der Waals surface area contributed by atoms with Crippen molar-refractivity contribution in [2.75, 3.05) is 18.4 Å². The number of rotatable bonds is 6. The maximum absolute atomic E-state index is 13.0. The van der Waals surface area contributed by atoms with Gasteiger partial charge in [-0.1, -0.05) is 17.7 Å². The number of likely N-dealkylation sites (tertiary alicyclic amines) is 1. The number of nitriles is 1. The second-order valence-corrected chi connectivity index (χ2v) is 9.27. The summed E-state index contributed by atoms with van der Waals surface area (Å²) in [6.07, 6.45) is 2.06. The van der Waals surface area contributed by atoms with Crippen LogP contribution in [0, 0.1) is 11.3 Å². The van der Waals surface area contributed by atoms with E-state index in [1.54, 1.807) is 59.6 Å². The smallest absolute Gasteiger partial charge is 0.261 e. The number of benzene rings is 1. The normalized spacial score (nSPS) is 17.9. The first-order valence-corrected chi connectivity index (χ1v) is 11.4. The first kappa shape index (κ1) is 22.7. The minimum Gasteiger partial charge on any atom is -0.347 e. The standard InChI is InChI=1S/C23H20ClN5O3S/c24-20-9-8-19(33-20)23(32)27-16-13-18(28(14-16)12-10-25)22(31)26-15-4-6-17(7-5-15)29-11-2-1-3-21(29)30/h1-9,11,16,18H,12-14H2,(H,26,31)(H,27,32)/t16-,18?/m0/s1. The molecule has 2 atom stereocenters. The number of carbonyl (C=O) groups excluding carboxylic acids is 2. The van der Waals surface area contributed by atoms with Crippen molar-refractivity contribution in [1.29, 1.82) is 5.26 Å². The molecule has 1 aliphatic heterocycles. The molecule has 0 radical (unpaired) electrons. The van der Waals surface area contributed by atoms with Crippen LogP contribution >= 0.6 is 22.9 Å². The van der Waals surface area contributed by atoms with Crippen LogP contribution < -0.4 is 16.2 Å². The number of amides is 2. The first-order chi connectivity index (χ1) is 15.9. The van der Waals surface area contributed by atoms with Crippen molar-refractivity contribution >= 4 is 40.4 Å². The monoisotopic (exact) mass is 481 g/mol. The molecule has 0 bridgehead atoms. The topological polar surface area (TPSA) is 107 Å². The Labute approximate surface area is 199 Å². The predicted octanol–water partition coefficient (Wildman–Crippen LogP) is 2.89. The van der Waals surface area contributed by atoms with Gasteiger partial charge in [0.1, 0.15) is 0 Å². The number of halogens is 1. The maximum Gasteiger partial charge on any atom is 0.261 e. The number of nitrogens with one attached hydrogen (secondary N) is 2. The fourth-order valence-electron chi connectivity index (χ4n) is 3.81. The molecule has 33 heavy (non-hydrogen) atoms. The number of pyridine rings is 1. The summed E-state index contributed by atoms with van der Waals surface area (Å²) in [7, 11) is 0. The second-order valence-electron chi connectivity index (χ2n) is 7.56. The Hall–Kier alpha value is -3.45. The Morgan fingerprint density at radius 1 is 1.15 bits per heavy atom. The van der Waals surface area contributed by atoms with E-state index in [1.165, 1.54) is 22.0 Å². The highest BCUT2D eigenvalue weighted by molar-refractivity contribution is 7.18. The van der Waals surface area contributed by atoms with Gasteiger partial charge in [0.05, 0.1) is 27.9 Å². The van der Waals surface area contributed by atoms with Gasteiger partial charge in [-0.3, -0.25) is 23.9 Å². The fourth-order valence-corrected chi connectivity index (χ4v) is 4.76. The summed E-state index contributed by atoms with van der Waals surface area (Å²) < 4.78 is 2.03. The van der Waals surface area contributed by atoms with Crippen molar-refractivity contribution in [2.45, 2.75) is 18.5 Å². The quantitative estimate of drug-likeness (QED) is 0.526. The Morgan fingerprint density at radius 3 is 2.61 bits per heavy atom. The molecule has 1 saturated heterocycles. The van der Waals surface area contributed by atoms with E-state index >= 15 is 0 Å². The van der Waals surface area contributed by atoms with E-state index in [2.05, 4.69) is 16.7 Å². The van der Waals surface area contributed by atoms with E-state index in [1.807, 2.05) is 0 Å². The lowest BCUT2D eigenvalue weighted by Gasteiger charge is -2.20. The van der Waals surface area contributed by atoms with Crippen molar-refractivity contribution in [3.8, 4) is 11.8 Å². The average molecular weight is 482 g/mol. The number of nitrogens with zero attached hydrogens (tertiary/aromatic N) is 3. The second kappa shape index (κ2) is 10.0. The third-order valence-electron chi connectivity index (χ3n) is 5.35. The van der Waals surface area contributed by atoms with Crippen molar-refractivity contribution in [1.82, 2.24) is 14.8 Å². The first-order valence-electron chi connectivity index (χ1n) is 10.2. The molecule has 4 rings (SSSR count). The van der Waals surface area contributed by atoms with Gasteiger partial charge in [-0.05, 0) is 48.9 Å². The zero-order valence-electron chi connectivity index (χ0n) is 17.4. The molecular weight excluding hydrogens is 462 g/mol. The lowest BCUT2D eigenvalue weighted by molar-refractivity contribution is -0.120. The number of anilines is 1. The van der Waals surface area contributed by atoms with Gasteiger partial charge in [-0.15, -0.1) is 11.3 Å². The summed E-state index contributed by atoms with van der Waals surface area (Å²) in [4.78, 5) is 39.6. The van der Waals surface area contributed by atoms with E-state index in [9.17, 15) is 19.6 Å². The van der Waals surface area contributed by atoms with Gasteiger partial charge < -0.3 is 10.6 Å². The highest BCUT2D eigenvalue weighted by atomic mass is 35.5. The summed E-state index contributed by atoms with van der Waals surface area (Å²) >= 11 is 7.09. The number of aromatic nitrogens is 1. The van der Waals surface area contributed by atoms with E-state index < -0.39 is 6.04 Å². The van der Waals surface area contributed by atoms with E-state index in [0.717, 1.165) is 0 Å². The molecule has 1 aliphatic rings. The molecule has 0 aliphatic carbocycles. The number of hydrogen-bond acceptors (Lipinski definition) is 6. The predicted molar refractivity (Wildman–Crippen MR) is 127 cm³/mol. The fraction of sp³-hybridized carbons (Fsp3) is 0.217. The largest absolute Gasteiger partial charge is 0.347 e. The van der Waals surface area contributed by atoms with Gasteiger partial charge in [0.15, 0.2) is 0 Å². The molecule has 0 saturated carbocycles. The highest BCUT2D eigenvalue weighted by Gasteiger charge is 2.37. The zero-order chi connectivity index (χ0) is 23.4. The minimum absolute atomic E-state index is 0.0746. The lowest BCUT2D eigenvalue weighted by atomic mass is 10.1. The van der Waals surface area contributed by atoms with Crippen LogP contribution in [0.2, 0.25) is 4.34 Å². The van der Waals surface area contributed by atoms with Crippen LogP contribution in [-0.4, -0.2) is 46.5 Å². The van der Waals surface area contributed by atoms with Crippen LogP contribution in [0.15, 0.2) is 65.6 Å². The summed E-state index contributed by atoms with van der Waals surface area (Å²) in [5.41, 5.74) is 1.11. The number of hydrogen-bond donors (Lipinski definition) is 2. The molecule has 2 aromatic heterocycles. The van der Waals surface area contributed by atoms with Gasteiger partial charge in [-0.25, -0.2) is 0 Å². The molecule has 3 heterocycles. The Balaban J connectivity index is 1.42. The van der Waals surface area contributed by atoms with Gasteiger partial charge >= 0.3 is 0 Å². The van der Waals surface area contributed by atoms with Gasteiger partial charge in [0.2, 0.25) is 5.91 Å². The highest BCUT2D eigenvalue weighted by Crippen LogP contribution is 2.24. The summed E-state index contributed by atoms with van der Waals surface area (Å²) in [5, 5.41) is 15.0. The Kier molecular flexibility index (Phi) is 6.89. The van der Waals surface area contributed by atoms with Crippen molar-refractivity contribution < 1.29 is 9.59 Å². The van der Waals surface area contributed by atoms with Crippen molar-refractivity contribution in [3.05, 3.63) is 80.4 Å². The minimum atomic E-state index is -0.557. The van der Waals surface area contributed by atoms with Crippen LogP contribution in [0.3, 0.4) is 0 Å². The van der Waals surface area contributed by atoms with E-state index in [0.29, 0.717) is 33.6 Å². The lowest BCUT2D eigenvalue weighted by Crippen LogP contribution is -2.40. The molecule has 2 amide bonds. The maximum atomic E-state index is 13.0. The molecule has 1 fully saturated rings. The van der Waals surface area contributed by atoms with Crippen LogP contribution in [-0.2, 0) is 4.79 Å². The molecule has 10 heteroatoms. The third kappa shape index (κ3) is 5.31. The van der Waals surface area contributed by atoms with Crippen molar-refractivity contribution in [3.63, 3.8) is 0 Å². The van der Waals surface area contributed by atoms with Crippen LogP contribution in [0.5, 0.6) is 0 Å². The summed E-state index contributed by atoms with van der Waals surface area (Å²) in [5.74, 6) is -0.507. The molecule has 168 valence electrons. The molecule has 3 aromatic rings.